The molecule has 1 N–H and O–H groups in total. The predicted molar refractivity (Wildman–Crippen MR) is 84.1 cm³/mol. The average molecular weight is 287 g/mol. The molecule has 0 saturated heterocycles. The van der Waals surface area contributed by atoms with Crippen LogP contribution in [0, 0.1) is 12.7 Å². The number of nitrogens with one attached hydrogen (secondary N) is 1. The first-order chi connectivity index (χ1) is 10.2. The van der Waals surface area contributed by atoms with E-state index in [1.54, 1.807) is 6.07 Å². The third kappa shape index (κ3) is 4.57. The molecule has 2 aromatic rings. The number of benzene rings is 2. The molecule has 0 aliphatic carbocycles. The van der Waals surface area contributed by atoms with Gasteiger partial charge in [0.25, 0.3) is 0 Å². The van der Waals surface area contributed by atoms with Crippen molar-refractivity contribution in [2.45, 2.75) is 26.3 Å². The maximum Gasteiger partial charge on any atom is 0.123 e. The molecule has 0 saturated carbocycles. The molecule has 1 unspecified atom stereocenters. The van der Waals surface area contributed by atoms with E-state index in [1.807, 2.05) is 25.1 Å². The lowest BCUT2D eigenvalue weighted by Gasteiger charge is -2.20. The van der Waals surface area contributed by atoms with Gasteiger partial charge in [-0.2, -0.15) is 0 Å². The predicted octanol–water partition coefficient (Wildman–Crippen LogP) is 4.25. The van der Waals surface area contributed by atoms with Crippen LogP contribution in [0.3, 0.4) is 0 Å². The topological polar surface area (TPSA) is 21.3 Å². The second-order valence-corrected chi connectivity index (χ2v) is 5.14. The molecule has 0 bridgehead atoms. The summed E-state index contributed by atoms with van der Waals surface area (Å²) in [6, 6.07) is 15.0. The highest BCUT2D eigenvalue weighted by atomic mass is 19.1. The molecule has 0 radical (unpaired) electrons. The lowest BCUT2D eigenvalue weighted by molar-refractivity contribution is 0.264. The van der Waals surface area contributed by atoms with Gasteiger partial charge in [-0.25, -0.2) is 4.39 Å². The van der Waals surface area contributed by atoms with E-state index in [4.69, 9.17) is 4.74 Å². The van der Waals surface area contributed by atoms with Gasteiger partial charge in [0.1, 0.15) is 18.2 Å². The zero-order valence-electron chi connectivity index (χ0n) is 12.6. The Kier molecular flexibility index (Phi) is 5.76. The van der Waals surface area contributed by atoms with Gasteiger partial charge in [-0.1, -0.05) is 37.3 Å². The summed E-state index contributed by atoms with van der Waals surface area (Å²) >= 11 is 0. The minimum Gasteiger partial charge on any atom is -0.491 e. The Balaban J connectivity index is 2.05. The van der Waals surface area contributed by atoms with Crippen LogP contribution in [0.25, 0.3) is 0 Å². The first-order valence-corrected chi connectivity index (χ1v) is 7.38. The van der Waals surface area contributed by atoms with Crippen LogP contribution in [-0.4, -0.2) is 13.2 Å². The highest BCUT2D eigenvalue weighted by molar-refractivity contribution is 5.32. The monoisotopic (exact) mass is 287 g/mol. The van der Waals surface area contributed by atoms with E-state index in [0.29, 0.717) is 6.61 Å². The Labute approximate surface area is 126 Å². The number of hydrogen-bond donors (Lipinski definition) is 1. The van der Waals surface area contributed by atoms with Crippen molar-refractivity contribution >= 4 is 0 Å². The second-order valence-electron chi connectivity index (χ2n) is 5.14. The summed E-state index contributed by atoms with van der Waals surface area (Å²) in [7, 11) is 0. The fraction of sp³-hybridized carbons (Fsp3) is 0.333. The molecule has 21 heavy (non-hydrogen) atoms. The maximum atomic E-state index is 13.1. The first kappa shape index (κ1) is 15.5. The number of halogens is 1. The summed E-state index contributed by atoms with van der Waals surface area (Å²) in [5.41, 5.74) is 2.02. The number of hydrogen-bond acceptors (Lipinski definition) is 2. The molecule has 2 rings (SSSR count). The van der Waals surface area contributed by atoms with E-state index in [-0.39, 0.29) is 11.9 Å². The van der Waals surface area contributed by atoms with Crippen molar-refractivity contribution in [2.24, 2.45) is 0 Å². The van der Waals surface area contributed by atoms with E-state index in [0.717, 1.165) is 24.3 Å². The van der Waals surface area contributed by atoms with Crippen LogP contribution in [0.2, 0.25) is 0 Å². The fourth-order valence-corrected chi connectivity index (χ4v) is 2.22. The van der Waals surface area contributed by atoms with Crippen molar-refractivity contribution in [3.63, 3.8) is 0 Å². The zero-order chi connectivity index (χ0) is 15.1. The SMILES string of the molecule is CCCNC(COc1ccc(F)cc1C)c1ccccc1. The minimum absolute atomic E-state index is 0.135. The Bertz CT molecular complexity index is 556. The van der Waals surface area contributed by atoms with Crippen molar-refractivity contribution in [2.75, 3.05) is 13.2 Å². The van der Waals surface area contributed by atoms with E-state index >= 15 is 0 Å². The van der Waals surface area contributed by atoms with E-state index in [2.05, 4.69) is 24.4 Å². The molecule has 0 amide bonds. The quantitative estimate of drug-likeness (QED) is 0.822. The molecule has 0 spiro atoms. The normalized spacial score (nSPS) is 12.1. The highest BCUT2D eigenvalue weighted by Gasteiger charge is 2.12. The van der Waals surface area contributed by atoms with Gasteiger partial charge in [0.15, 0.2) is 0 Å². The fourth-order valence-electron chi connectivity index (χ4n) is 2.22. The molecule has 0 aromatic heterocycles. The molecule has 0 heterocycles. The molecule has 1 atom stereocenters. The van der Waals surface area contributed by atoms with Gasteiger partial charge in [-0.05, 0) is 49.2 Å². The van der Waals surface area contributed by atoms with Crippen LogP contribution in [0.5, 0.6) is 5.75 Å². The number of ether oxygens (including phenoxy) is 1. The standard InChI is InChI=1S/C18H22FNO/c1-3-11-20-17(15-7-5-4-6-8-15)13-21-18-10-9-16(19)12-14(18)2/h4-10,12,17,20H,3,11,13H2,1-2H3. The van der Waals surface area contributed by atoms with Gasteiger partial charge in [0.05, 0.1) is 6.04 Å². The lowest BCUT2D eigenvalue weighted by Crippen LogP contribution is -2.27. The summed E-state index contributed by atoms with van der Waals surface area (Å²) in [5.74, 6) is 0.499. The van der Waals surface area contributed by atoms with Crippen LogP contribution >= 0.6 is 0 Å². The molecule has 0 fully saturated rings. The summed E-state index contributed by atoms with van der Waals surface area (Å²) in [5, 5.41) is 3.49. The maximum absolute atomic E-state index is 13.1. The van der Waals surface area contributed by atoms with Crippen molar-refractivity contribution in [1.29, 1.82) is 0 Å². The Morgan fingerprint density at radius 2 is 1.90 bits per heavy atom. The molecule has 0 aliphatic heterocycles. The van der Waals surface area contributed by atoms with Gasteiger partial charge in [-0.15, -0.1) is 0 Å². The number of rotatable bonds is 7. The smallest absolute Gasteiger partial charge is 0.123 e. The molecule has 112 valence electrons. The largest absolute Gasteiger partial charge is 0.491 e. The van der Waals surface area contributed by atoms with Crippen molar-refractivity contribution in [3.05, 3.63) is 65.5 Å². The summed E-state index contributed by atoms with van der Waals surface area (Å²) in [6.07, 6.45) is 1.07. The summed E-state index contributed by atoms with van der Waals surface area (Å²) < 4.78 is 19.0. The third-order valence-corrected chi connectivity index (χ3v) is 3.39. The van der Waals surface area contributed by atoms with Gasteiger partial charge >= 0.3 is 0 Å². The van der Waals surface area contributed by atoms with Crippen LogP contribution in [0.15, 0.2) is 48.5 Å². The molecule has 2 nitrogen and oxygen atoms in total. The summed E-state index contributed by atoms with van der Waals surface area (Å²) in [4.78, 5) is 0. The van der Waals surface area contributed by atoms with Crippen molar-refractivity contribution in [1.82, 2.24) is 5.32 Å². The lowest BCUT2D eigenvalue weighted by atomic mass is 10.1. The average Bonchev–Trinajstić information content (AvgIpc) is 2.50. The van der Waals surface area contributed by atoms with Crippen LogP contribution in [-0.2, 0) is 0 Å². The van der Waals surface area contributed by atoms with Gasteiger partial charge in [0, 0.05) is 0 Å². The Hall–Kier alpha value is -1.87. The minimum atomic E-state index is -0.233. The molecule has 0 aliphatic rings. The first-order valence-electron chi connectivity index (χ1n) is 7.38. The van der Waals surface area contributed by atoms with Crippen molar-refractivity contribution in [3.8, 4) is 5.75 Å². The van der Waals surface area contributed by atoms with Crippen molar-refractivity contribution < 1.29 is 9.13 Å². The molecular weight excluding hydrogens is 265 g/mol. The molecule has 3 heteroatoms. The number of aryl methyl sites for hydroxylation is 1. The van der Waals surface area contributed by atoms with Gasteiger partial charge < -0.3 is 10.1 Å². The van der Waals surface area contributed by atoms with Gasteiger partial charge in [0.2, 0.25) is 0 Å². The molecular formula is C18H22FNO. The Morgan fingerprint density at radius 3 is 2.57 bits per heavy atom. The third-order valence-electron chi connectivity index (χ3n) is 3.39. The molecule has 2 aromatic carbocycles. The second kappa shape index (κ2) is 7.79. The van der Waals surface area contributed by atoms with E-state index < -0.39 is 0 Å². The van der Waals surface area contributed by atoms with Crippen LogP contribution < -0.4 is 10.1 Å². The zero-order valence-corrected chi connectivity index (χ0v) is 12.6. The van der Waals surface area contributed by atoms with Crippen LogP contribution in [0.4, 0.5) is 4.39 Å². The highest BCUT2D eigenvalue weighted by Crippen LogP contribution is 2.21. The van der Waals surface area contributed by atoms with E-state index in [9.17, 15) is 4.39 Å². The Morgan fingerprint density at radius 1 is 1.14 bits per heavy atom. The van der Waals surface area contributed by atoms with E-state index in [1.165, 1.54) is 17.7 Å². The van der Waals surface area contributed by atoms with Crippen LogP contribution in [0.1, 0.15) is 30.5 Å². The summed E-state index contributed by atoms with van der Waals surface area (Å²) in [6.45, 7) is 5.46. The van der Waals surface area contributed by atoms with Gasteiger partial charge in [-0.3, -0.25) is 0 Å².